The first-order valence-corrected chi connectivity index (χ1v) is 5.79. The maximum Gasteiger partial charge on any atom is 0.221 e. The van der Waals surface area contributed by atoms with Crippen molar-refractivity contribution in [1.82, 2.24) is 10.6 Å². The smallest absolute Gasteiger partial charge is 0.221 e. The fourth-order valence-corrected chi connectivity index (χ4v) is 1.52. The van der Waals surface area contributed by atoms with Gasteiger partial charge in [0.2, 0.25) is 5.91 Å². The lowest BCUT2D eigenvalue weighted by atomic mass is 10.3. The van der Waals surface area contributed by atoms with Gasteiger partial charge < -0.3 is 15.1 Å². The van der Waals surface area contributed by atoms with Crippen LogP contribution >= 0.6 is 0 Å². The van der Waals surface area contributed by atoms with E-state index in [-0.39, 0.29) is 5.91 Å². The lowest BCUT2D eigenvalue weighted by molar-refractivity contribution is -0.121. The van der Waals surface area contributed by atoms with Crippen LogP contribution in [-0.2, 0) is 11.3 Å². The van der Waals surface area contributed by atoms with Crippen molar-refractivity contribution >= 4 is 5.91 Å². The summed E-state index contributed by atoms with van der Waals surface area (Å²) in [6, 6.07) is 2.40. The Morgan fingerprint density at radius 1 is 1.56 bits per heavy atom. The summed E-state index contributed by atoms with van der Waals surface area (Å²) in [5, 5.41) is 6.16. The van der Waals surface area contributed by atoms with Crippen LogP contribution in [0.2, 0.25) is 0 Å². The van der Waals surface area contributed by atoms with E-state index in [1.807, 2.05) is 13.0 Å². The van der Waals surface area contributed by atoms with Gasteiger partial charge in [-0.1, -0.05) is 0 Å². The molecule has 1 aromatic rings. The molecule has 1 aliphatic carbocycles. The molecular formula is C12H18N2O2. The molecule has 0 radical (unpaired) electrons. The molecule has 2 rings (SSSR count). The van der Waals surface area contributed by atoms with E-state index in [2.05, 4.69) is 10.6 Å². The molecule has 16 heavy (non-hydrogen) atoms. The molecule has 1 aliphatic rings. The zero-order valence-corrected chi connectivity index (χ0v) is 9.58. The number of furan rings is 1. The fraction of sp³-hybridized carbons (Fsp3) is 0.583. The predicted octanol–water partition coefficient (Wildman–Crippen LogP) is 1.35. The van der Waals surface area contributed by atoms with Crippen molar-refractivity contribution in [1.29, 1.82) is 0 Å². The highest BCUT2D eigenvalue weighted by molar-refractivity contribution is 5.76. The summed E-state index contributed by atoms with van der Waals surface area (Å²) in [5.74, 6) is 1.09. The normalized spacial score (nSPS) is 15.1. The maximum atomic E-state index is 11.3. The van der Waals surface area contributed by atoms with Gasteiger partial charge in [-0.15, -0.1) is 0 Å². The van der Waals surface area contributed by atoms with E-state index in [0.717, 1.165) is 24.2 Å². The first-order chi connectivity index (χ1) is 7.75. The molecule has 0 unspecified atom stereocenters. The summed E-state index contributed by atoms with van der Waals surface area (Å²) in [4.78, 5) is 11.3. The second kappa shape index (κ2) is 5.16. The highest BCUT2D eigenvalue weighted by Crippen LogP contribution is 2.18. The van der Waals surface area contributed by atoms with Crippen LogP contribution in [0, 0.1) is 6.92 Å². The van der Waals surface area contributed by atoms with E-state index in [1.165, 1.54) is 0 Å². The first kappa shape index (κ1) is 11.2. The summed E-state index contributed by atoms with van der Waals surface area (Å²) < 4.78 is 5.28. The van der Waals surface area contributed by atoms with Crippen molar-refractivity contribution in [2.45, 2.75) is 38.8 Å². The average molecular weight is 222 g/mol. The molecule has 1 heterocycles. The number of aryl methyl sites for hydroxylation is 1. The second-order valence-electron chi connectivity index (χ2n) is 4.30. The molecule has 2 N–H and O–H groups in total. The topological polar surface area (TPSA) is 54.3 Å². The average Bonchev–Trinajstić information content (AvgIpc) is 2.96. The third-order valence-electron chi connectivity index (χ3n) is 2.73. The van der Waals surface area contributed by atoms with Gasteiger partial charge in [0.25, 0.3) is 0 Å². The van der Waals surface area contributed by atoms with Crippen LogP contribution in [0.5, 0.6) is 0 Å². The van der Waals surface area contributed by atoms with Crippen LogP contribution in [0.15, 0.2) is 16.7 Å². The molecule has 1 aromatic heterocycles. The maximum absolute atomic E-state index is 11.3. The first-order valence-electron chi connectivity index (χ1n) is 5.79. The Labute approximate surface area is 95.4 Å². The molecule has 1 saturated carbocycles. The minimum Gasteiger partial charge on any atom is -0.468 e. The Morgan fingerprint density at radius 3 is 3.00 bits per heavy atom. The van der Waals surface area contributed by atoms with Gasteiger partial charge in [-0.3, -0.25) is 4.79 Å². The largest absolute Gasteiger partial charge is 0.468 e. The van der Waals surface area contributed by atoms with Crippen LogP contribution in [0.4, 0.5) is 0 Å². The van der Waals surface area contributed by atoms with Crippen LogP contribution in [0.3, 0.4) is 0 Å². The van der Waals surface area contributed by atoms with Crippen LogP contribution in [0.1, 0.15) is 30.6 Å². The SMILES string of the molecule is Cc1ccoc1CNCCC(=O)NC1CC1. The van der Waals surface area contributed by atoms with E-state index in [9.17, 15) is 4.79 Å². The predicted molar refractivity (Wildman–Crippen MR) is 60.9 cm³/mol. The van der Waals surface area contributed by atoms with Crippen LogP contribution < -0.4 is 10.6 Å². The molecule has 4 nitrogen and oxygen atoms in total. The van der Waals surface area contributed by atoms with E-state index in [1.54, 1.807) is 6.26 Å². The van der Waals surface area contributed by atoms with Crippen molar-refractivity contribution in [3.8, 4) is 0 Å². The number of amides is 1. The minimum absolute atomic E-state index is 0.145. The Bertz CT molecular complexity index is 356. The zero-order valence-electron chi connectivity index (χ0n) is 9.58. The van der Waals surface area contributed by atoms with Crippen molar-refractivity contribution in [3.05, 3.63) is 23.7 Å². The molecule has 1 amide bonds. The van der Waals surface area contributed by atoms with Crippen LogP contribution in [0.25, 0.3) is 0 Å². The lowest BCUT2D eigenvalue weighted by Gasteiger charge is -2.04. The van der Waals surface area contributed by atoms with Gasteiger partial charge in [0, 0.05) is 19.0 Å². The molecule has 4 heteroatoms. The molecule has 0 atom stereocenters. The molecule has 0 spiro atoms. The zero-order chi connectivity index (χ0) is 11.4. The van der Waals surface area contributed by atoms with Crippen molar-refractivity contribution < 1.29 is 9.21 Å². The molecule has 0 aromatic carbocycles. The summed E-state index contributed by atoms with van der Waals surface area (Å²) in [5.41, 5.74) is 1.15. The van der Waals surface area contributed by atoms with Crippen molar-refractivity contribution in [2.75, 3.05) is 6.54 Å². The Balaban J connectivity index is 1.57. The van der Waals surface area contributed by atoms with Gasteiger partial charge in [0.1, 0.15) is 5.76 Å². The van der Waals surface area contributed by atoms with Crippen LogP contribution in [-0.4, -0.2) is 18.5 Å². The molecule has 0 saturated heterocycles. The Kier molecular flexibility index (Phi) is 3.62. The molecule has 0 aliphatic heterocycles. The standard InChI is InChI=1S/C12H18N2O2/c1-9-5-7-16-11(9)8-13-6-4-12(15)14-10-2-3-10/h5,7,10,13H,2-4,6,8H2,1H3,(H,14,15). The summed E-state index contributed by atoms with van der Waals surface area (Å²) in [7, 11) is 0. The van der Waals surface area contributed by atoms with E-state index in [4.69, 9.17) is 4.42 Å². The lowest BCUT2D eigenvalue weighted by Crippen LogP contribution is -2.29. The summed E-state index contributed by atoms with van der Waals surface area (Å²) in [6.07, 6.45) is 4.51. The number of hydrogen-bond acceptors (Lipinski definition) is 3. The van der Waals surface area contributed by atoms with Gasteiger partial charge in [0.15, 0.2) is 0 Å². The molecule has 1 fully saturated rings. The third-order valence-corrected chi connectivity index (χ3v) is 2.73. The summed E-state index contributed by atoms with van der Waals surface area (Å²) in [6.45, 7) is 3.40. The van der Waals surface area contributed by atoms with Gasteiger partial charge in [0.05, 0.1) is 12.8 Å². The monoisotopic (exact) mass is 222 g/mol. The van der Waals surface area contributed by atoms with Gasteiger partial charge in [-0.05, 0) is 31.4 Å². The van der Waals surface area contributed by atoms with Gasteiger partial charge >= 0.3 is 0 Å². The van der Waals surface area contributed by atoms with E-state index >= 15 is 0 Å². The Morgan fingerprint density at radius 2 is 2.38 bits per heavy atom. The van der Waals surface area contributed by atoms with Gasteiger partial charge in [-0.25, -0.2) is 0 Å². The Hall–Kier alpha value is -1.29. The van der Waals surface area contributed by atoms with Crippen molar-refractivity contribution in [3.63, 3.8) is 0 Å². The second-order valence-corrected chi connectivity index (χ2v) is 4.30. The number of carbonyl (C=O) groups excluding carboxylic acids is 1. The fourth-order valence-electron chi connectivity index (χ4n) is 1.52. The number of carbonyl (C=O) groups is 1. The highest BCUT2D eigenvalue weighted by atomic mass is 16.3. The van der Waals surface area contributed by atoms with E-state index in [0.29, 0.717) is 25.6 Å². The summed E-state index contributed by atoms with van der Waals surface area (Å²) >= 11 is 0. The minimum atomic E-state index is 0.145. The van der Waals surface area contributed by atoms with Crippen molar-refractivity contribution in [2.24, 2.45) is 0 Å². The number of hydrogen-bond donors (Lipinski definition) is 2. The number of nitrogens with one attached hydrogen (secondary N) is 2. The van der Waals surface area contributed by atoms with Gasteiger partial charge in [-0.2, -0.15) is 0 Å². The highest BCUT2D eigenvalue weighted by Gasteiger charge is 2.22. The van der Waals surface area contributed by atoms with E-state index < -0.39 is 0 Å². The number of rotatable bonds is 6. The quantitative estimate of drug-likeness (QED) is 0.714. The third kappa shape index (κ3) is 3.38. The molecule has 88 valence electrons. The molecular weight excluding hydrogens is 204 g/mol. The molecule has 0 bridgehead atoms.